The highest BCUT2D eigenvalue weighted by atomic mass is 32.1. The molecule has 0 aliphatic heterocycles. The summed E-state index contributed by atoms with van der Waals surface area (Å²) in [7, 11) is 4.05. The van der Waals surface area contributed by atoms with Gasteiger partial charge in [-0.25, -0.2) is 0 Å². The average molecular weight is 197 g/mol. The van der Waals surface area contributed by atoms with Crippen molar-refractivity contribution in [3.63, 3.8) is 0 Å². The van der Waals surface area contributed by atoms with Crippen molar-refractivity contribution in [2.24, 2.45) is 0 Å². The Morgan fingerprint density at radius 1 is 1.62 bits per heavy atom. The molecule has 0 amide bonds. The lowest BCUT2D eigenvalue weighted by Crippen LogP contribution is -2.17. The summed E-state index contributed by atoms with van der Waals surface area (Å²) in [5, 5.41) is 4.06. The molecule has 0 saturated heterocycles. The van der Waals surface area contributed by atoms with Crippen LogP contribution < -0.4 is 0 Å². The van der Waals surface area contributed by atoms with E-state index in [0.717, 1.165) is 17.9 Å². The molecular formula is C10H15NOS. The van der Waals surface area contributed by atoms with E-state index in [0.29, 0.717) is 6.61 Å². The highest BCUT2D eigenvalue weighted by molar-refractivity contribution is 7.08. The molecule has 0 atom stereocenters. The second kappa shape index (κ2) is 5.04. The predicted molar refractivity (Wildman–Crippen MR) is 57.9 cm³/mol. The molecule has 0 bridgehead atoms. The third-order valence-electron chi connectivity index (χ3n) is 1.66. The lowest BCUT2D eigenvalue weighted by atomic mass is 10.3. The van der Waals surface area contributed by atoms with Gasteiger partial charge in [0.05, 0.1) is 0 Å². The summed E-state index contributed by atoms with van der Waals surface area (Å²) in [6.45, 7) is 5.48. The minimum atomic E-state index is 0.696. The van der Waals surface area contributed by atoms with Crippen molar-refractivity contribution in [1.29, 1.82) is 0 Å². The maximum absolute atomic E-state index is 5.47. The molecule has 1 rings (SSSR count). The van der Waals surface area contributed by atoms with Gasteiger partial charge in [-0.15, -0.1) is 0 Å². The van der Waals surface area contributed by atoms with Gasteiger partial charge in [0.25, 0.3) is 0 Å². The van der Waals surface area contributed by atoms with Gasteiger partial charge in [0, 0.05) is 17.5 Å². The predicted octanol–water partition coefficient (Wildman–Crippen LogP) is 2.30. The molecule has 1 heterocycles. The number of ether oxygens (including phenoxy) is 1. The van der Waals surface area contributed by atoms with E-state index in [1.807, 2.05) is 30.9 Å². The monoisotopic (exact) mass is 197 g/mol. The quantitative estimate of drug-likeness (QED) is 0.672. The van der Waals surface area contributed by atoms with Crippen LogP contribution in [0.3, 0.4) is 0 Å². The summed E-state index contributed by atoms with van der Waals surface area (Å²) >= 11 is 1.66. The first-order chi connectivity index (χ1) is 6.20. The van der Waals surface area contributed by atoms with E-state index in [1.165, 1.54) is 0 Å². The summed E-state index contributed by atoms with van der Waals surface area (Å²) in [5.41, 5.74) is 1.09. The molecule has 0 spiro atoms. The second-order valence-corrected chi connectivity index (χ2v) is 3.87. The average Bonchev–Trinajstić information content (AvgIpc) is 2.55. The largest absolute Gasteiger partial charge is 0.492 e. The van der Waals surface area contributed by atoms with Crippen molar-refractivity contribution in [2.75, 3.05) is 27.2 Å². The number of hydrogen-bond acceptors (Lipinski definition) is 3. The minimum Gasteiger partial charge on any atom is -0.492 e. The van der Waals surface area contributed by atoms with Gasteiger partial charge in [0.15, 0.2) is 0 Å². The highest BCUT2D eigenvalue weighted by Crippen LogP contribution is 2.16. The molecule has 3 heteroatoms. The van der Waals surface area contributed by atoms with E-state index in [9.17, 15) is 0 Å². The van der Waals surface area contributed by atoms with Crippen LogP contribution in [0.15, 0.2) is 23.4 Å². The first-order valence-electron chi connectivity index (χ1n) is 4.19. The van der Waals surface area contributed by atoms with Crippen molar-refractivity contribution in [2.45, 2.75) is 0 Å². The van der Waals surface area contributed by atoms with Gasteiger partial charge in [-0.3, -0.25) is 0 Å². The summed E-state index contributed by atoms with van der Waals surface area (Å²) in [6.07, 6.45) is 0. The van der Waals surface area contributed by atoms with E-state index in [-0.39, 0.29) is 0 Å². The summed E-state index contributed by atoms with van der Waals surface area (Å²) in [5.74, 6) is 0.767. The fourth-order valence-electron chi connectivity index (χ4n) is 0.858. The maximum Gasteiger partial charge on any atom is 0.120 e. The fraction of sp³-hybridized carbons (Fsp3) is 0.400. The topological polar surface area (TPSA) is 12.5 Å². The number of likely N-dealkylation sites (N-methyl/N-ethyl adjacent to an activating group) is 1. The molecule has 0 unspecified atom stereocenters. The Morgan fingerprint density at radius 3 is 2.92 bits per heavy atom. The van der Waals surface area contributed by atoms with Crippen LogP contribution in [-0.4, -0.2) is 32.1 Å². The Balaban J connectivity index is 2.27. The lowest BCUT2D eigenvalue weighted by Gasteiger charge is -2.11. The Labute approximate surface area is 83.4 Å². The van der Waals surface area contributed by atoms with Crippen molar-refractivity contribution in [3.8, 4) is 0 Å². The molecule has 1 aromatic heterocycles. The maximum atomic E-state index is 5.47. The third-order valence-corrected chi connectivity index (χ3v) is 2.34. The van der Waals surface area contributed by atoms with Crippen LogP contribution in [-0.2, 0) is 4.74 Å². The Bertz CT molecular complexity index is 254. The van der Waals surface area contributed by atoms with Gasteiger partial charge in [-0.2, -0.15) is 11.3 Å². The fourth-order valence-corrected chi connectivity index (χ4v) is 1.52. The van der Waals surface area contributed by atoms with Gasteiger partial charge < -0.3 is 9.64 Å². The van der Waals surface area contributed by atoms with Crippen LogP contribution in [0.4, 0.5) is 0 Å². The van der Waals surface area contributed by atoms with E-state index >= 15 is 0 Å². The number of thiophene rings is 1. The molecule has 13 heavy (non-hydrogen) atoms. The molecular weight excluding hydrogens is 182 g/mol. The third kappa shape index (κ3) is 3.61. The van der Waals surface area contributed by atoms with Crippen molar-refractivity contribution in [3.05, 3.63) is 29.0 Å². The van der Waals surface area contributed by atoms with Gasteiger partial charge in [-0.1, -0.05) is 6.58 Å². The summed E-state index contributed by atoms with van der Waals surface area (Å²) < 4.78 is 5.47. The molecule has 2 nitrogen and oxygen atoms in total. The van der Waals surface area contributed by atoms with E-state index < -0.39 is 0 Å². The van der Waals surface area contributed by atoms with Gasteiger partial charge >= 0.3 is 0 Å². The standard InChI is InChI=1S/C10H15NOS/c1-9(10-4-7-13-8-10)12-6-5-11(2)3/h4,7-8H,1,5-6H2,2-3H3. The molecule has 0 fully saturated rings. The molecule has 1 aromatic rings. The van der Waals surface area contributed by atoms with Gasteiger partial charge in [0.2, 0.25) is 0 Å². The second-order valence-electron chi connectivity index (χ2n) is 3.09. The smallest absolute Gasteiger partial charge is 0.120 e. The Hall–Kier alpha value is -0.800. The number of rotatable bonds is 5. The molecule has 0 saturated carbocycles. The normalized spacial score (nSPS) is 10.4. The first kappa shape index (κ1) is 10.3. The first-order valence-corrected chi connectivity index (χ1v) is 5.13. The van der Waals surface area contributed by atoms with Crippen LogP contribution in [0.5, 0.6) is 0 Å². The molecule has 0 aliphatic carbocycles. The molecule has 0 aromatic carbocycles. The molecule has 0 aliphatic rings. The van der Waals surface area contributed by atoms with E-state index in [1.54, 1.807) is 11.3 Å². The summed E-state index contributed by atoms with van der Waals surface area (Å²) in [4.78, 5) is 2.08. The van der Waals surface area contributed by atoms with Crippen LogP contribution in [0.25, 0.3) is 5.76 Å². The van der Waals surface area contributed by atoms with Crippen molar-refractivity contribution in [1.82, 2.24) is 4.90 Å². The van der Waals surface area contributed by atoms with Crippen LogP contribution in [0.1, 0.15) is 5.56 Å². The zero-order valence-electron chi connectivity index (χ0n) is 8.12. The molecule has 0 N–H and O–H groups in total. The van der Waals surface area contributed by atoms with Crippen LogP contribution in [0, 0.1) is 0 Å². The highest BCUT2D eigenvalue weighted by Gasteiger charge is 1.99. The van der Waals surface area contributed by atoms with Gasteiger partial charge in [0.1, 0.15) is 12.4 Å². The Morgan fingerprint density at radius 2 is 2.38 bits per heavy atom. The Kier molecular flexibility index (Phi) is 3.99. The minimum absolute atomic E-state index is 0.696. The summed E-state index contributed by atoms with van der Waals surface area (Å²) in [6, 6.07) is 2.02. The van der Waals surface area contributed by atoms with Crippen LogP contribution in [0.2, 0.25) is 0 Å². The van der Waals surface area contributed by atoms with Crippen molar-refractivity contribution < 1.29 is 4.74 Å². The zero-order chi connectivity index (χ0) is 9.68. The number of hydrogen-bond donors (Lipinski definition) is 0. The number of nitrogens with zero attached hydrogens (tertiary/aromatic N) is 1. The lowest BCUT2D eigenvalue weighted by molar-refractivity contribution is 0.233. The van der Waals surface area contributed by atoms with E-state index in [2.05, 4.69) is 11.5 Å². The molecule has 72 valence electrons. The van der Waals surface area contributed by atoms with E-state index in [4.69, 9.17) is 4.74 Å². The molecule has 0 radical (unpaired) electrons. The van der Waals surface area contributed by atoms with Gasteiger partial charge in [-0.05, 0) is 25.5 Å². The SMILES string of the molecule is C=C(OCCN(C)C)c1ccsc1. The van der Waals surface area contributed by atoms with Crippen molar-refractivity contribution >= 4 is 17.1 Å². The zero-order valence-corrected chi connectivity index (χ0v) is 8.93. The van der Waals surface area contributed by atoms with Crippen LogP contribution >= 0.6 is 11.3 Å².